The quantitative estimate of drug-likeness (QED) is 0.489. The van der Waals surface area contributed by atoms with Crippen molar-refractivity contribution in [3.63, 3.8) is 0 Å². The molecule has 0 aliphatic rings. The van der Waals surface area contributed by atoms with Crippen LogP contribution in [0.1, 0.15) is 59.9 Å². The Kier molecular flexibility index (Phi) is 6.67. The first-order valence-corrected chi connectivity index (χ1v) is 8.09. The lowest BCUT2D eigenvalue weighted by Crippen LogP contribution is -2.25. The van der Waals surface area contributed by atoms with E-state index in [1.54, 1.807) is 7.11 Å². The van der Waals surface area contributed by atoms with Crippen LogP contribution in [0.5, 0.6) is 5.75 Å². The summed E-state index contributed by atoms with van der Waals surface area (Å²) in [4.78, 5) is 0. The maximum Gasteiger partial charge on any atom is 0.201 e. The minimum absolute atomic E-state index is 0.187. The van der Waals surface area contributed by atoms with Crippen LogP contribution in [-0.2, 0) is 4.74 Å². The van der Waals surface area contributed by atoms with Gasteiger partial charge in [-0.05, 0) is 37.0 Å². The molecule has 1 aromatic carbocycles. The standard InChI is InChI=1S/C20H32O2/c1-14(2)13-18(20(5,6)7)16-9-11-17(12-10-16)22-19(21-8)15(3)4/h9-13,15,18-19H,1-8H3. The van der Waals surface area contributed by atoms with Crippen molar-refractivity contribution in [3.05, 3.63) is 41.5 Å². The van der Waals surface area contributed by atoms with E-state index < -0.39 is 0 Å². The number of hydrogen-bond acceptors (Lipinski definition) is 2. The molecule has 0 bridgehead atoms. The van der Waals surface area contributed by atoms with E-state index in [0.29, 0.717) is 11.8 Å². The van der Waals surface area contributed by atoms with Gasteiger partial charge in [0, 0.05) is 18.9 Å². The summed E-state index contributed by atoms with van der Waals surface area (Å²) in [6, 6.07) is 8.41. The average molecular weight is 304 g/mol. The molecule has 0 spiro atoms. The van der Waals surface area contributed by atoms with Crippen LogP contribution in [-0.4, -0.2) is 13.4 Å². The summed E-state index contributed by atoms with van der Waals surface area (Å²) in [7, 11) is 1.68. The molecule has 0 fully saturated rings. The molecule has 0 amide bonds. The van der Waals surface area contributed by atoms with Gasteiger partial charge in [-0.25, -0.2) is 0 Å². The maximum absolute atomic E-state index is 5.89. The molecule has 22 heavy (non-hydrogen) atoms. The Labute approximate surface area is 136 Å². The molecular formula is C20H32O2. The fourth-order valence-electron chi connectivity index (χ4n) is 2.52. The minimum Gasteiger partial charge on any atom is -0.465 e. The number of hydrogen-bond donors (Lipinski definition) is 0. The second kappa shape index (κ2) is 7.82. The molecule has 124 valence electrons. The first-order chi connectivity index (χ1) is 10.1. The summed E-state index contributed by atoms with van der Waals surface area (Å²) in [5, 5.41) is 0. The summed E-state index contributed by atoms with van der Waals surface area (Å²) in [5.74, 6) is 1.57. The Morgan fingerprint density at radius 2 is 1.59 bits per heavy atom. The van der Waals surface area contributed by atoms with Gasteiger partial charge in [0.1, 0.15) is 5.75 Å². The van der Waals surface area contributed by atoms with Gasteiger partial charge < -0.3 is 9.47 Å². The molecule has 2 nitrogen and oxygen atoms in total. The molecular weight excluding hydrogens is 272 g/mol. The fourth-order valence-corrected chi connectivity index (χ4v) is 2.52. The predicted molar refractivity (Wildman–Crippen MR) is 94.3 cm³/mol. The van der Waals surface area contributed by atoms with Crippen molar-refractivity contribution >= 4 is 0 Å². The van der Waals surface area contributed by atoms with Gasteiger partial charge in [-0.15, -0.1) is 0 Å². The first kappa shape index (κ1) is 18.8. The summed E-state index contributed by atoms with van der Waals surface area (Å²) >= 11 is 0. The van der Waals surface area contributed by atoms with E-state index in [1.807, 2.05) is 12.1 Å². The number of rotatable bonds is 6. The third-order valence-corrected chi connectivity index (χ3v) is 3.70. The number of benzene rings is 1. The van der Waals surface area contributed by atoms with E-state index in [1.165, 1.54) is 11.1 Å². The van der Waals surface area contributed by atoms with Crippen molar-refractivity contribution in [2.45, 2.75) is 60.7 Å². The molecule has 0 aromatic heterocycles. The molecule has 2 unspecified atom stereocenters. The van der Waals surface area contributed by atoms with Crippen molar-refractivity contribution in [1.82, 2.24) is 0 Å². The molecule has 0 N–H and O–H groups in total. The Balaban J connectivity index is 2.97. The van der Waals surface area contributed by atoms with Crippen molar-refractivity contribution in [2.24, 2.45) is 11.3 Å². The third kappa shape index (κ3) is 5.49. The molecule has 0 aliphatic carbocycles. The Morgan fingerprint density at radius 1 is 1.05 bits per heavy atom. The molecule has 0 aliphatic heterocycles. The van der Waals surface area contributed by atoms with Gasteiger partial charge in [0.25, 0.3) is 0 Å². The molecule has 2 heteroatoms. The zero-order valence-corrected chi connectivity index (χ0v) is 15.4. The van der Waals surface area contributed by atoms with Crippen LogP contribution in [0, 0.1) is 11.3 Å². The van der Waals surface area contributed by atoms with Crippen LogP contribution < -0.4 is 4.74 Å². The highest BCUT2D eigenvalue weighted by atomic mass is 16.7. The molecule has 0 saturated heterocycles. The van der Waals surface area contributed by atoms with Crippen LogP contribution in [0.3, 0.4) is 0 Å². The van der Waals surface area contributed by atoms with Crippen LogP contribution in [0.4, 0.5) is 0 Å². The molecule has 0 radical (unpaired) electrons. The minimum atomic E-state index is -0.206. The van der Waals surface area contributed by atoms with E-state index in [-0.39, 0.29) is 11.7 Å². The van der Waals surface area contributed by atoms with Gasteiger partial charge in [-0.1, -0.05) is 58.4 Å². The predicted octanol–water partition coefficient (Wildman–Crippen LogP) is 5.79. The van der Waals surface area contributed by atoms with Gasteiger partial charge in [0.15, 0.2) is 0 Å². The van der Waals surface area contributed by atoms with Gasteiger partial charge in [0.05, 0.1) is 0 Å². The lowest BCUT2D eigenvalue weighted by Gasteiger charge is -2.29. The number of ether oxygens (including phenoxy) is 2. The smallest absolute Gasteiger partial charge is 0.201 e. The van der Waals surface area contributed by atoms with E-state index >= 15 is 0 Å². The Morgan fingerprint density at radius 3 is 1.95 bits per heavy atom. The lowest BCUT2D eigenvalue weighted by atomic mass is 9.76. The lowest BCUT2D eigenvalue weighted by molar-refractivity contribution is -0.0833. The normalized spacial score (nSPS) is 14.6. The van der Waals surface area contributed by atoms with Crippen LogP contribution in [0.15, 0.2) is 35.9 Å². The average Bonchev–Trinajstić information content (AvgIpc) is 2.41. The number of methoxy groups -OCH3 is 1. The fraction of sp³-hybridized carbons (Fsp3) is 0.600. The molecule has 0 saturated carbocycles. The zero-order chi connectivity index (χ0) is 16.9. The number of allylic oxidation sites excluding steroid dienone is 2. The van der Waals surface area contributed by atoms with E-state index in [4.69, 9.17) is 9.47 Å². The summed E-state index contributed by atoms with van der Waals surface area (Å²) in [5.41, 5.74) is 2.85. The molecule has 0 heterocycles. The Hall–Kier alpha value is -1.28. The highest BCUT2D eigenvalue weighted by Gasteiger charge is 2.24. The topological polar surface area (TPSA) is 18.5 Å². The SMILES string of the molecule is COC(Oc1ccc(C(C=C(C)C)C(C)(C)C)cc1)C(C)C. The molecule has 1 aromatic rings. The van der Waals surface area contributed by atoms with Crippen molar-refractivity contribution in [1.29, 1.82) is 0 Å². The third-order valence-electron chi connectivity index (χ3n) is 3.70. The van der Waals surface area contributed by atoms with Gasteiger partial charge in [0.2, 0.25) is 6.29 Å². The van der Waals surface area contributed by atoms with Crippen molar-refractivity contribution in [2.75, 3.05) is 7.11 Å². The Bertz CT molecular complexity index is 473. The second-order valence-electron chi connectivity index (χ2n) is 7.62. The maximum atomic E-state index is 5.89. The molecule has 2 atom stereocenters. The van der Waals surface area contributed by atoms with Crippen LogP contribution >= 0.6 is 0 Å². The van der Waals surface area contributed by atoms with Crippen molar-refractivity contribution in [3.8, 4) is 5.75 Å². The highest BCUT2D eigenvalue weighted by molar-refractivity contribution is 5.33. The van der Waals surface area contributed by atoms with E-state index in [9.17, 15) is 0 Å². The highest BCUT2D eigenvalue weighted by Crippen LogP contribution is 2.37. The van der Waals surface area contributed by atoms with Crippen LogP contribution in [0.2, 0.25) is 0 Å². The van der Waals surface area contributed by atoms with E-state index in [2.05, 4.69) is 66.7 Å². The van der Waals surface area contributed by atoms with Crippen molar-refractivity contribution < 1.29 is 9.47 Å². The monoisotopic (exact) mass is 304 g/mol. The largest absolute Gasteiger partial charge is 0.465 e. The zero-order valence-electron chi connectivity index (χ0n) is 15.4. The van der Waals surface area contributed by atoms with E-state index in [0.717, 1.165) is 5.75 Å². The van der Waals surface area contributed by atoms with Crippen LogP contribution in [0.25, 0.3) is 0 Å². The van der Waals surface area contributed by atoms with Gasteiger partial charge in [-0.3, -0.25) is 0 Å². The summed E-state index contributed by atoms with van der Waals surface area (Å²) in [6.45, 7) is 15.3. The molecule has 1 rings (SSSR count). The van der Waals surface area contributed by atoms with Gasteiger partial charge >= 0.3 is 0 Å². The first-order valence-electron chi connectivity index (χ1n) is 8.09. The summed E-state index contributed by atoms with van der Waals surface area (Å²) < 4.78 is 11.3. The second-order valence-corrected chi connectivity index (χ2v) is 7.62. The summed E-state index contributed by atoms with van der Waals surface area (Å²) in [6.07, 6.45) is 2.14. The van der Waals surface area contributed by atoms with Gasteiger partial charge in [-0.2, -0.15) is 0 Å².